The highest BCUT2D eigenvalue weighted by Gasteiger charge is 2.30. The summed E-state index contributed by atoms with van der Waals surface area (Å²) in [7, 11) is 0. The zero-order chi connectivity index (χ0) is 17.6. The number of hydrogen-bond acceptors (Lipinski definition) is 4. The molecule has 0 unspecified atom stereocenters. The van der Waals surface area contributed by atoms with Crippen LogP contribution in [0.1, 0.15) is 22.0 Å². The standard InChI is InChI=1S/C17H10Cl2FN3OS/c18-12-5-4-10(7-13(12)19)16-21-17-23(22-16)15(24)8-14(25-17)9-2-1-3-11(20)6-9/h1-7,14H,8H2/t14-/m0/s1. The van der Waals surface area contributed by atoms with Crippen LogP contribution in [-0.4, -0.2) is 20.7 Å². The maximum atomic E-state index is 13.5. The molecule has 2 aromatic carbocycles. The van der Waals surface area contributed by atoms with Crippen molar-refractivity contribution in [2.45, 2.75) is 16.8 Å². The predicted molar refractivity (Wildman–Crippen MR) is 95.7 cm³/mol. The highest BCUT2D eigenvalue weighted by molar-refractivity contribution is 7.99. The average Bonchev–Trinajstić information content (AvgIpc) is 3.02. The lowest BCUT2D eigenvalue weighted by molar-refractivity contribution is 0.0868. The fourth-order valence-electron chi connectivity index (χ4n) is 2.60. The Morgan fingerprint density at radius 2 is 2.00 bits per heavy atom. The van der Waals surface area contributed by atoms with Gasteiger partial charge in [0, 0.05) is 17.2 Å². The van der Waals surface area contributed by atoms with E-state index in [1.54, 1.807) is 30.3 Å². The lowest BCUT2D eigenvalue weighted by atomic mass is 10.1. The summed E-state index contributed by atoms with van der Waals surface area (Å²) in [4.78, 5) is 16.9. The number of thioether (sulfide) groups is 1. The van der Waals surface area contributed by atoms with E-state index in [4.69, 9.17) is 23.2 Å². The number of rotatable bonds is 2. The molecule has 0 spiro atoms. The molecular formula is C17H10Cl2FN3OS. The molecule has 0 saturated heterocycles. The number of halogens is 3. The Morgan fingerprint density at radius 3 is 2.76 bits per heavy atom. The quantitative estimate of drug-likeness (QED) is 0.594. The van der Waals surface area contributed by atoms with Crippen molar-refractivity contribution in [2.24, 2.45) is 0 Å². The van der Waals surface area contributed by atoms with Crippen LogP contribution >= 0.6 is 35.0 Å². The van der Waals surface area contributed by atoms with Gasteiger partial charge in [0.25, 0.3) is 5.91 Å². The Morgan fingerprint density at radius 1 is 1.16 bits per heavy atom. The van der Waals surface area contributed by atoms with Crippen molar-refractivity contribution in [2.75, 3.05) is 0 Å². The van der Waals surface area contributed by atoms with Gasteiger partial charge in [0.15, 0.2) is 11.0 Å². The molecule has 1 atom stereocenters. The Kier molecular flexibility index (Phi) is 4.27. The number of aromatic nitrogens is 3. The summed E-state index contributed by atoms with van der Waals surface area (Å²) < 4.78 is 14.8. The fourth-order valence-corrected chi connectivity index (χ4v) is 4.04. The molecule has 25 heavy (non-hydrogen) atoms. The van der Waals surface area contributed by atoms with Gasteiger partial charge in [0.2, 0.25) is 0 Å². The van der Waals surface area contributed by atoms with Gasteiger partial charge in [-0.05, 0) is 35.9 Å². The molecule has 0 aliphatic carbocycles. The summed E-state index contributed by atoms with van der Waals surface area (Å²) in [5.74, 6) is -0.106. The van der Waals surface area contributed by atoms with Crippen molar-refractivity contribution in [3.8, 4) is 11.4 Å². The normalized spacial score (nSPS) is 16.8. The zero-order valence-electron chi connectivity index (χ0n) is 12.6. The number of benzene rings is 2. The Bertz CT molecular complexity index is 992. The summed E-state index contributed by atoms with van der Waals surface area (Å²) in [6.07, 6.45) is 0.227. The Balaban J connectivity index is 1.69. The van der Waals surface area contributed by atoms with Gasteiger partial charge in [0.1, 0.15) is 5.82 Å². The number of fused-ring (bicyclic) bond motifs is 1. The first-order valence-electron chi connectivity index (χ1n) is 7.39. The highest BCUT2D eigenvalue weighted by atomic mass is 35.5. The summed E-state index contributed by atoms with van der Waals surface area (Å²) in [6, 6.07) is 11.3. The summed E-state index contributed by atoms with van der Waals surface area (Å²) in [6.45, 7) is 0. The minimum Gasteiger partial charge on any atom is -0.272 e. The second-order valence-electron chi connectivity index (χ2n) is 5.52. The number of carbonyl (C=O) groups excluding carboxylic acids is 1. The van der Waals surface area contributed by atoms with Gasteiger partial charge >= 0.3 is 0 Å². The molecule has 0 saturated carbocycles. The van der Waals surface area contributed by atoms with Crippen LogP contribution in [0.15, 0.2) is 47.6 Å². The molecule has 0 amide bonds. The van der Waals surface area contributed by atoms with E-state index in [9.17, 15) is 9.18 Å². The van der Waals surface area contributed by atoms with Gasteiger partial charge in [-0.25, -0.2) is 9.37 Å². The molecule has 1 aliphatic heterocycles. The molecule has 4 rings (SSSR count). The van der Waals surface area contributed by atoms with E-state index in [0.717, 1.165) is 5.56 Å². The highest BCUT2D eigenvalue weighted by Crippen LogP contribution is 2.41. The van der Waals surface area contributed by atoms with Crippen molar-refractivity contribution in [1.29, 1.82) is 0 Å². The van der Waals surface area contributed by atoms with Crippen LogP contribution in [0, 0.1) is 5.82 Å². The maximum Gasteiger partial charge on any atom is 0.250 e. The average molecular weight is 394 g/mol. The van der Waals surface area contributed by atoms with Crippen LogP contribution in [0.5, 0.6) is 0 Å². The molecule has 0 radical (unpaired) electrons. The molecule has 1 aliphatic rings. The molecule has 3 aromatic rings. The van der Waals surface area contributed by atoms with E-state index in [-0.39, 0.29) is 23.4 Å². The third kappa shape index (κ3) is 3.17. The van der Waals surface area contributed by atoms with E-state index in [1.807, 2.05) is 0 Å². The topological polar surface area (TPSA) is 47.8 Å². The minimum atomic E-state index is -0.325. The molecule has 2 heterocycles. The summed E-state index contributed by atoms with van der Waals surface area (Å²) in [5, 5.41) is 5.39. The van der Waals surface area contributed by atoms with Crippen LogP contribution in [0.25, 0.3) is 11.4 Å². The Hall–Kier alpha value is -1.89. The van der Waals surface area contributed by atoms with Gasteiger partial charge in [-0.3, -0.25) is 4.79 Å². The first-order chi connectivity index (χ1) is 12.0. The molecule has 8 heteroatoms. The molecule has 4 nitrogen and oxygen atoms in total. The summed E-state index contributed by atoms with van der Waals surface area (Å²) in [5.41, 5.74) is 1.43. The lowest BCUT2D eigenvalue weighted by Gasteiger charge is -2.20. The van der Waals surface area contributed by atoms with Crippen molar-refractivity contribution in [3.63, 3.8) is 0 Å². The second kappa shape index (κ2) is 6.44. The molecule has 0 N–H and O–H groups in total. The maximum absolute atomic E-state index is 13.5. The lowest BCUT2D eigenvalue weighted by Crippen LogP contribution is -2.21. The fraction of sp³-hybridized carbons (Fsp3) is 0.118. The summed E-state index contributed by atoms with van der Waals surface area (Å²) >= 11 is 13.3. The molecule has 1 aromatic heterocycles. The van der Waals surface area contributed by atoms with Gasteiger partial charge in [-0.1, -0.05) is 47.1 Å². The SMILES string of the molecule is O=C1C[C@@H](c2cccc(F)c2)Sc2nc(-c3ccc(Cl)c(Cl)c3)nn21. The minimum absolute atomic E-state index is 0.179. The van der Waals surface area contributed by atoms with Crippen LogP contribution < -0.4 is 0 Å². The third-order valence-corrected chi connectivity index (χ3v) is 5.76. The smallest absolute Gasteiger partial charge is 0.250 e. The number of carbonyl (C=O) groups is 1. The van der Waals surface area contributed by atoms with Crippen molar-refractivity contribution in [1.82, 2.24) is 14.8 Å². The first-order valence-corrected chi connectivity index (χ1v) is 9.02. The van der Waals surface area contributed by atoms with Crippen LogP contribution in [0.4, 0.5) is 4.39 Å². The van der Waals surface area contributed by atoms with Crippen molar-refractivity contribution >= 4 is 40.9 Å². The Labute approximate surface area is 157 Å². The molecule has 0 bridgehead atoms. The van der Waals surface area contributed by atoms with Gasteiger partial charge in [0.05, 0.1) is 10.0 Å². The molecular weight excluding hydrogens is 384 g/mol. The van der Waals surface area contributed by atoms with Crippen LogP contribution in [0.2, 0.25) is 10.0 Å². The van der Waals surface area contributed by atoms with E-state index in [0.29, 0.717) is 26.6 Å². The number of nitrogens with zero attached hydrogens (tertiary/aromatic N) is 3. The monoisotopic (exact) mass is 393 g/mol. The van der Waals surface area contributed by atoms with Gasteiger partial charge in [-0.15, -0.1) is 5.10 Å². The van der Waals surface area contributed by atoms with E-state index in [1.165, 1.54) is 28.6 Å². The largest absolute Gasteiger partial charge is 0.272 e. The van der Waals surface area contributed by atoms with E-state index < -0.39 is 0 Å². The van der Waals surface area contributed by atoms with E-state index >= 15 is 0 Å². The van der Waals surface area contributed by atoms with Gasteiger partial charge in [-0.2, -0.15) is 4.68 Å². The van der Waals surface area contributed by atoms with Crippen LogP contribution in [-0.2, 0) is 0 Å². The predicted octanol–water partition coefficient (Wildman–Crippen LogP) is 5.27. The van der Waals surface area contributed by atoms with Crippen molar-refractivity contribution < 1.29 is 9.18 Å². The second-order valence-corrected chi connectivity index (χ2v) is 7.50. The number of hydrogen-bond donors (Lipinski definition) is 0. The first kappa shape index (κ1) is 16.6. The molecule has 126 valence electrons. The molecule has 0 fully saturated rings. The van der Waals surface area contributed by atoms with Crippen LogP contribution in [0.3, 0.4) is 0 Å². The third-order valence-electron chi connectivity index (χ3n) is 3.82. The zero-order valence-corrected chi connectivity index (χ0v) is 14.9. The van der Waals surface area contributed by atoms with Crippen molar-refractivity contribution in [3.05, 3.63) is 63.9 Å². The van der Waals surface area contributed by atoms with E-state index in [2.05, 4.69) is 10.1 Å². The van der Waals surface area contributed by atoms with Gasteiger partial charge < -0.3 is 0 Å².